The zero-order chi connectivity index (χ0) is 23.2. The maximum atomic E-state index is 12.8. The standard InChI is InChI=1S/C22H31N3O6/c1-14-18(20(26)31-3)19(16-9-8-10-17(13-16)25(29)30)22(21(27)28,15(2)24-14)11-6-4-5-7-12-23/h8-10,13,15,19,24H,4-7,11-12,23H2,1-3H3,(H,27,28). The zero-order valence-electron chi connectivity index (χ0n) is 18.2. The van der Waals surface area contributed by atoms with Crippen LogP contribution in [0, 0.1) is 15.5 Å². The topological polar surface area (TPSA) is 145 Å². The van der Waals surface area contributed by atoms with Gasteiger partial charge in [0.15, 0.2) is 0 Å². The van der Waals surface area contributed by atoms with Crippen LogP contribution >= 0.6 is 0 Å². The highest BCUT2D eigenvalue weighted by Gasteiger charge is 2.56. The number of allylic oxidation sites excluding steroid dienone is 1. The Morgan fingerprint density at radius 3 is 2.55 bits per heavy atom. The number of aliphatic carboxylic acids is 1. The van der Waals surface area contributed by atoms with Gasteiger partial charge in [-0.1, -0.05) is 31.4 Å². The fourth-order valence-corrected chi connectivity index (χ4v) is 4.61. The van der Waals surface area contributed by atoms with Crippen molar-refractivity contribution in [2.45, 2.75) is 57.9 Å². The molecule has 0 saturated carbocycles. The van der Waals surface area contributed by atoms with E-state index < -0.39 is 34.2 Å². The number of nitrogens with zero attached hydrogens (tertiary/aromatic N) is 1. The minimum absolute atomic E-state index is 0.159. The molecule has 3 unspecified atom stereocenters. The largest absolute Gasteiger partial charge is 0.481 e. The van der Waals surface area contributed by atoms with Crippen LogP contribution in [0.25, 0.3) is 0 Å². The molecule has 1 aliphatic rings. The van der Waals surface area contributed by atoms with Gasteiger partial charge in [-0.15, -0.1) is 0 Å². The van der Waals surface area contributed by atoms with Gasteiger partial charge in [0.05, 0.1) is 23.0 Å². The third kappa shape index (κ3) is 4.87. The molecular weight excluding hydrogens is 402 g/mol. The van der Waals surface area contributed by atoms with Gasteiger partial charge in [-0.3, -0.25) is 14.9 Å². The summed E-state index contributed by atoms with van der Waals surface area (Å²) in [6.07, 6.45) is 3.46. The number of esters is 1. The van der Waals surface area contributed by atoms with Gasteiger partial charge in [-0.2, -0.15) is 0 Å². The Balaban J connectivity index is 2.66. The second-order valence-corrected chi connectivity index (χ2v) is 7.98. The van der Waals surface area contributed by atoms with E-state index >= 15 is 0 Å². The lowest BCUT2D eigenvalue weighted by Gasteiger charge is -2.47. The third-order valence-corrected chi connectivity index (χ3v) is 6.18. The Kier molecular flexibility index (Phi) is 8.15. The Morgan fingerprint density at radius 1 is 1.29 bits per heavy atom. The Bertz CT molecular complexity index is 869. The van der Waals surface area contributed by atoms with Crippen molar-refractivity contribution in [3.05, 3.63) is 51.2 Å². The summed E-state index contributed by atoms with van der Waals surface area (Å²) >= 11 is 0. The number of methoxy groups -OCH3 is 1. The van der Waals surface area contributed by atoms with Crippen molar-refractivity contribution in [1.82, 2.24) is 5.32 Å². The third-order valence-electron chi connectivity index (χ3n) is 6.18. The molecule has 1 aliphatic heterocycles. The van der Waals surface area contributed by atoms with E-state index in [1.807, 2.05) is 0 Å². The number of non-ortho nitro benzene ring substituents is 1. The summed E-state index contributed by atoms with van der Waals surface area (Å²) < 4.78 is 4.98. The first-order chi connectivity index (χ1) is 14.7. The number of carbonyl (C=O) groups excluding carboxylic acids is 1. The number of nitrogens with two attached hydrogens (primary N) is 1. The number of nitro groups is 1. The molecule has 0 aliphatic carbocycles. The van der Waals surface area contributed by atoms with E-state index in [0.717, 1.165) is 19.3 Å². The molecule has 0 spiro atoms. The first kappa shape index (κ1) is 24.3. The highest BCUT2D eigenvalue weighted by Crippen LogP contribution is 2.51. The highest BCUT2D eigenvalue weighted by molar-refractivity contribution is 5.94. The van der Waals surface area contributed by atoms with Crippen LogP contribution in [0.4, 0.5) is 5.69 Å². The fourth-order valence-electron chi connectivity index (χ4n) is 4.61. The summed E-state index contributed by atoms with van der Waals surface area (Å²) in [6, 6.07) is 5.33. The van der Waals surface area contributed by atoms with E-state index in [4.69, 9.17) is 10.5 Å². The van der Waals surface area contributed by atoms with E-state index in [0.29, 0.717) is 30.6 Å². The Labute approximate surface area is 181 Å². The van der Waals surface area contributed by atoms with Crippen molar-refractivity contribution in [1.29, 1.82) is 0 Å². The molecule has 2 rings (SSSR count). The van der Waals surface area contributed by atoms with Crippen molar-refractivity contribution in [3.8, 4) is 0 Å². The van der Waals surface area contributed by atoms with E-state index in [1.165, 1.54) is 25.3 Å². The van der Waals surface area contributed by atoms with E-state index in [2.05, 4.69) is 5.32 Å². The molecule has 31 heavy (non-hydrogen) atoms. The van der Waals surface area contributed by atoms with E-state index in [-0.39, 0.29) is 11.3 Å². The maximum Gasteiger partial charge on any atom is 0.336 e. The number of benzene rings is 1. The average Bonchev–Trinajstić information content (AvgIpc) is 2.73. The predicted molar refractivity (Wildman–Crippen MR) is 115 cm³/mol. The summed E-state index contributed by atoms with van der Waals surface area (Å²) in [5, 5.41) is 25.0. The van der Waals surface area contributed by atoms with Crippen LogP contribution in [0.2, 0.25) is 0 Å². The number of carbonyl (C=O) groups is 2. The molecule has 4 N–H and O–H groups in total. The van der Waals surface area contributed by atoms with Gasteiger partial charge >= 0.3 is 11.9 Å². The number of carboxylic acid groups (broad SMARTS) is 1. The SMILES string of the molecule is COC(=O)C1=C(C)NC(C)C(CCCCCCN)(C(=O)O)C1c1cccc([N+](=O)[O-])c1. The van der Waals surface area contributed by atoms with Crippen LogP contribution in [-0.4, -0.2) is 41.7 Å². The first-order valence-corrected chi connectivity index (χ1v) is 10.4. The fraction of sp³-hybridized carbons (Fsp3) is 0.545. The second-order valence-electron chi connectivity index (χ2n) is 7.98. The van der Waals surface area contributed by atoms with Gasteiger partial charge in [0.2, 0.25) is 0 Å². The van der Waals surface area contributed by atoms with Gasteiger partial charge in [-0.25, -0.2) is 4.79 Å². The highest BCUT2D eigenvalue weighted by atomic mass is 16.6. The second kappa shape index (κ2) is 10.4. The summed E-state index contributed by atoms with van der Waals surface area (Å²) in [6.45, 7) is 4.04. The molecule has 1 heterocycles. The minimum Gasteiger partial charge on any atom is -0.481 e. The molecule has 0 bridgehead atoms. The molecule has 9 heteroatoms. The summed E-state index contributed by atoms with van der Waals surface area (Å²) in [4.78, 5) is 36.4. The normalized spacial score (nSPS) is 23.2. The monoisotopic (exact) mass is 433 g/mol. The molecule has 1 aromatic rings. The molecule has 3 atom stereocenters. The van der Waals surface area contributed by atoms with E-state index in [1.54, 1.807) is 19.9 Å². The molecule has 0 amide bonds. The molecule has 0 saturated heterocycles. The maximum absolute atomic E-state index is 12.8. The molecule has 9 nitrogen and oxygen atoms in total. The molecule has 0 fully saturated rings. The van der Waals surface area contributed by atoms with Crippen molar-refractivity contribution < 1.29 is 24.4 Å². The van der Waals surface area contributed by atoms with Crippen molar-refractivity contribution in [2.24, 2.45) is 11.1 Å². The Hall–Kier alpha value is -2.94. The lowest BCUT2D eigenvalue weighted by Crippen LogP contribution is -2.56. The zero-order valence-corrected chi connectivity index (χ0v) is 18.2. The number of hydrogen-bond acceptors (Lipinski definition) is 7. The predicted octanol–water partition coefficient (Wildman–Crippen LogP) is 3.10. The summed E-state index contributed by atoms with van der Waals surface area (Å²) in [7, 11) is 1.24. The van der Waals surface area contributed by atoms with Crippen molar-refractivity contribution >= 4 is 17.6 Å². The van der Waals surface area contributed by atoms with Gasteiger partial charge in [0, 0.05) is 29.8 Å². The number of carboxylic acids is 1. The van der Waals surface area contributed by atoms with Crippen molar-refractivity contribution in [2.75, 3.05) is 13.7 Å². The molecule has 1 aromatic carbocycles. The molecule has 0 radical (unpaired) electrons. The van der Waals surface area contributed by atoms with Gasteiger partial charge in [0.25, 0.3) is 5.69 Å². The molecule has 170 valence electrons. The van der Waals surface area contributed by atoms with Gasteiger partial charge in [0.1, 0.15) is 0 Å². The number of nitro benzene ring substituents is 1. The number of rotatable bonds is 10. The quantitative estimate of drug-likeness (QED) is 0.221. The lowest BCUT2D eigenvalue weighted by atomic mass is 9.60. The van der Waals surface area contributed by atoms with Crippen LogP contribution in [0.15, 0.2) is 35.5 Å². The Morgan fingerprint density at radius 2 is 1.97 bits per heavy atom. The summed E-state index contributed by atoms with van der Waals surface area (Å²) in [5.41, 5.74) is 5.11. The summed E-state index contributed by atoms with van der Waals surface area (Å²) in [5.74, 6) is -2.61. The van der Waals surface area contributed by atoms with Crippen LogP contribution in [-0.2, 0) is 14.3 Å². The van der Waals surface area contributed by atoms with Gasteiger partial charge in [-0.05, 0) is 38.8 Å². The van der Waals surface area contributed by atoms with Crippen LogP contribution < -0.4 is 11.1 Å². The van der Waals surface area contributed by atoms with Crippen LogP contribution in [0.3, 0.4) is 0 Å². The number of hydrogen-bond donors (Lipinski definition) is 3. The lowest BCUT2D eigenvalue weighted by molar-refractivity contribution is -0.384. The molecule has 0 aromatic heterocycles. The number of ether oxygens (including phenoxy) is 1. The van der Waals surface area contributed by atoms with Gasteiger partial charge < -0.3 is 20.9 Å². The minimum atomic E-state index is -1.39. The number of unbranched alkanes of at least 4 members (excludes halogenated alkanes) is 3. The van der Waals surface area contributed by atoms with Crippen molar-refractivity contribution in [3.63, 3.8) is 0 Å². The molecular formula is C22H31N3O6. The average molecular weight is 434 g/mol. The van der Waals surface area contributed by atoms with Crippen LogP contribution in [0.1, 0.15) is 57.4 Å². The first-order valence-electron chi connectivity index (χ1n) is 10.4. The smallest absolute Gasteiger partial charge is 0.336 e. The van der Waals surface area contributed by atoms with E-state index in [9.17, 15) is 24.8 Å². The number of nitrogens with one attached hydrogen (secondary N) is 1. The van der Waals surface area contributed by atoms with Crippen LogP contribution in [0.5, 0.6) is 0 Å².